The second kappa shape index (κ2) is 9.36. The molecule has 34 heavy (non-hydrogen) atoms. The quantitative estimate of drug-likeness (QED) is 0.584. The molecule has 8 nitrogen and oxygen atoms in total. The summed E-state index contributed by atoms with van der Waals surface area (Å²) in [5.74, 6) is 1.44. The van der Waals surface area contributed by atoms with Crippen LogP contribution in [0.4, 0.5) is 5.69 Å². The average Bonchev–Trinajstić information content (AvgIpc) is 3.33. The van der Waals surface area contributed by atoms with E-state index in [1.807, 2.05) is 18.2 Å². The van der Waals surface area contributed by atoms with Crippen molar-refractivity contribution >= 4 is 21.6 Å². The SMILES string of the molecule is O=C(c1cccc(NS(=O)(=O)c2ccccc2)c1)N1CCN(Cc2ccc3c(c2)OCO3)CC1. The summed E-state index contributed by atoms with van der Waals surface area (Å²) in [5, 5.41) is 0. The normalized spacial score (nSPS) is 15.8. The minimum atomic E-state index is -3.72. The van der Waals surface area contributed by atoms with Crippen molar-refractivity contribution in [3.63, 3.8) is 0 Å². The molecule has 0 spiro atoms. The number of benzene rings is 3. The topological polar surface area (TPSA) is 88.2 Å². The third-order valence-electron chi connectivity index (χ3n) is 5.92. The number of carbonyl (C=O) groups excluding carboxylic acids is 1. The van der Waals surface area contributed by atoms with Gasteiger partial charge in [-0.3, -0.25) is 14.4 Å². The monoisotopic (exact) mass is 479 g/mol. The van der Waals surface area contributed by atoms with Crippen LogP contribution in [0, 0.1) is 0 Å². The van der Waals surface area contributed by atoms with Crippen LogP contribution in [0.1, 0.15) is 15.9 Å². The lowest BCUT2D eigenvalue weighted by molar-refractivity contribution is 0.0628. The molecule has 0 aromatic heterocycles. The lowest BCUT2D eigenvalue weighted by atomic mass is 10.1. The van der Waals surface area contributed by atoms with Crippen LogP contribution in [-0.4, -0.2) is 57.1 Å². The fourth-order valence-corrected chi connectivity index (χ4v) is 5.19. The Bertz CT molecular complexity index is 1290. The van der Waals surface area contributed by atoms with E-state index >= 15 is 0 Å². The number of rotatable bonds is 6. The Morgan fingerprint density at radius 3 is 2.41 bits per heavy atom. The molecule has 1 amide bonds. The number of hydrogen-bond donors (Lipinski definition) is 1. The van der Waals surface area contributed by atoms with E-state index in [0.29, 0.717) is 24.3 Å². The first kappa shape index (κ1) is 22.2. The van der Waals surface area contributed by atoms with Crippen LogP contribution in [-0.2, 0) is 16.6 Å². The molecule has 0 atom stereocenters. The number of sulfonamides is 1. The van der Waals surface area contributed by atoms with Crippen LogP contribution >= 0.6 is 0 Å². The molecular formula is C25H25N3O5S. The lowest BCUT2D eigenvalue weighted by Gasteiger charge is -2.34. The molecule has 0 radical (unpaired) electrons. The maximum atomic E-state index is 13.1. The van der Waals surface area contributed by atoms with Gasteiger partial charge in [0.25, 0.3) is 15.9 Å². The Hall–Kier alpha value is -3.56. The van der Waals surface area contributed by atoms with Crippen molar-refractivity contribution in [3.05, 3.63) is 83.9 Å². The zero-order chi connectivity index (χ0) is 23.5. The molecule has 2 heterocycles. The zero-order valence-corrected chi connectivity index (χ0v) is 19.3. The molecule has 1 saturated heterocycles. The number of amides is 1. The molecule has 2 aliphatic heterocycles. The summed E-state index contributed by atoms with van der Waals surface area (Å²) in [6.07, 6.45) is 0. The summed E-state index contributed by atoms with van der Waals surface area (Å²) in [7, 11) is -3.72. The third-order valence-corrected chi connectivity index (χ3v) is 7.32. The molecule has 5 rings (SSSR count). The molecule has 1 N–H and O–H groups in total. The number of carbonyl (C=O) groups is 1. The summed E-state index contributed by atoms with van der Waals surface area (Å²) in [6.45, 7) is 3.73. The highest BCUT2D eigenvalue weighted by molar-refractivity contribution is 7.92. The molecule has 9 heteroatoms. The van der Waals surface area contributed by atoms with Crippen molar-refractivity contribution in [2.75, 3.05) is 37.7 Å². The van der Waals surface area contributed by atoms with Crippen LogP contribution in [0.25, 0.3) is 0 Å². The number of nitrogens with zero attached hydrogens (tertiary/aromatic N) is 2. The van der Waals surface area contributed by atoms with Gasteiger partial charge in [0, 0.05) is 44.0 Å². The van der Waals surface area contributed by atoms with Crippen molar-refractivity contribution in [2.45, 2.75) is 11.4 Å². The third kappa shape index (κ3) is 4.85. The Morgan fingerprint density at radius 1 is 0.853 bits per heavy atom. The van der Waals surface area contributed by atoms with E-state index in [2.05, 4.69) is 9.62 Å². The second-order valence-corrected chi connectivity index (χ2v) is 9.94. The largest absolute Gasteiger partial charge is 0.454 e. The molecule has 3 aromatic rings. The molecule has 3 aromatic carbocycles. The van der Waals surface area contributed by atoms with E-state index in [1.54, 1.807) is 47.4 Å². The standard InChI is InChI=1S/C25H25N3O5S/c29-25(20-5-4-6-21(16-20)26-34(30,31)22-7-2-1-3-8-22)28-13-11-27(12-14-28)17-19-9-10-23-24(15-19)33-18-32-23/h1-10,15-16,26H,11-14,17-18H2. The number of hydrogen-bond acceptors (Lipinski definition) is 6. The van der Waals surface area contributed by atoms with Gasteiger partial charge in [0.2, 0.25) is 6.79 Å². The van der Waals surface area contributed by atoms with Gasteiger partial charge in [0.05, 0.1) is 4.90 Å². The number of anilines is 1. The van der Waals surface area contributed by atoms with E-state index in [-0.39, 0.29) is 17.6 Å². The van der Waals surface area contributed by atoms with Crippen LogP contribution < -0.4 is 14.2 Å². The second-order valence-electron chi connectivity index (χ2n) is 8.26. The minimum Gasteiger partial charge on any atom is -0.454 e. The Balaban J connectivity index is 1.19. The maximum Gasteiger partial charge on any atom is 0.261 e. The van der Waals surface area contributed by atoms with Crippen LogP contribution in [0.15, 0.2) is 77.7 Å². The molecular weight excluding hydrogens is 454 g/mol. The van der Waals surface area contributed by atoms with Gasteiger partial charge in [-0.1, -0.05) is 30.3 Å². The lowest BCUT2D eigenvalue weighted by Crippen LogP contribution is -2.48. The van der Waals surface area contributed by atoms with Crippen molar-refractivity contribution < 1.29 is 22.7 Å². The van der Waals surface area contributed by atoms with E-state index < -0.39 is 10.0 Å². The predicted molar refractivity (Wildman–Crippen MR) is 127 cm³/mol. The summed E-state index contributed by atoms with van der Waals surface area (Å²) in [4.78, 5) is 17.4. The molecule has 0 bridgehead atoms. The van der Waals surface area contributed by atoms with Crippen molar-refractivity contribution in [2.24, 2.45) is 0 Å². The highest BCUT2D eigenvalue weighted by Gasteiger charge is 2.23. The van der Waals surface area contributed by atoms with Crippen LogP contribution in [0.2, 0.25) is 0 Å². The zero-order valence-electron chi connectivity index (χ0n) is 18.5. The van der Waals surface area contributed by atoms with E-state index in [1.165, 1.54) is 12.1 Å². The Labute approximate surface area is 198 Å². The maximum absolute atomic E-state index is 13.1. The number of nitrogens with one attached hydrogen (secondary N) is 1. The predicted octanol–water partition coefficient (Wildman–Crippen LogP) is 3.17. The van der Waals surface area contributed by atoms with Crippen LogP contribution in [0.3, 0.4) is 0 Å². The van der Waals surface area contributed by atoms with Crippen LogP contribution in [0.5, 0.6) is 11.5 Å². The molecule has 0 unspecified atom stereocenters. The summed E-state index contributed by atoms with van der Waals surface area (Å²) in [6, 6.07) is 20.7. The van der Waals surface area contributed by atoms with Crippen molar-refractivity contribution in [1.29, 1.82) is 0 Å². The first-order valence-electron chi connectivity index (χ1n) is 11.1. The number of piperazine rings is 1. The van der Waals surface area contributed by atoms with Gasteiger partial charge in [-0.15, -0.1) is 0 Å². The van der Waals surface area contributed by atoms with Crippen molar-refractivity contribution in [3.8, 4) is 11.5 Å². The van der Waals surface area contributed by atoms with E-state index in [0.717, 1.165) is 36.7 Å². The summed E-state index contributed by atoms with van der Waals surface area (Å²) < 4.78 is 38.6. The van der Waals surface area contributed by atoms with Gasteiger partial charge >= 0.3 is 0 Å². The molecule has 0 aliphatic carbocycles. The van der Waals surface area contributed by atoms with Crippen molar-refractivity contribution in [1.82, 2.24) is 9.80 Å². The first-order valence-corrected chi connectivity index (χ1v) is 12.5. The highest BCUT2D eigenvalue weighted by atomic mass is 32.2. The molecule has 0 saturated carbocycles. The Morgan fingerprint density at radius 2 is 1.62 bits per heavy atom. The summed E-state index contributed by atoms with van der Waals surface area (Å²) >= 11 is 0. The fourth-order valence-electron chi connectivity index (χ4n) is 4.12. The highest BCUT2D eigenvalue weighted by Crippen LogP contribution is 2.33. The van der Waals surface area contributed by atoms with Gasteiger partial charge in [-0.2, -0.15) is 0 Å². The first-order chi connectivity index (χ1) is 16.5. The number of ether oxygens (including phenoxy) is 2. The van der Waals surface area contributed by atoms with E-state index in [4.69, 9.17) is 9.47 Å². The van der Waals surface area contributed by atoms with Gasteiger partial charge in [0.15, 0.2) is 11.5 Å². The van der Waals surface area contributed by atoms with Gasteiger partial charge in [0.1, 0.15) is 0 Å². The fraction of sp³-hybridized carbons (Fsp3) is 0.240. The average molecular weight is 480 g/mol. The van der Waals surface area contributed by atoms with Gasteiger partial charge in [-0.05, 0) is 48.0 Å². The smallest absolute Gasteiger partial charge is 0.261 e. The van der Waals surface area contributed by atoms with E-state index in [9.17, 15) is 13.2 Å². The number of fused-ring (bicyclic) bond motifs is 1. The van der Waals surface area contributed by atoms with Gasteiger partial charge < -0.3 is 14.4 Å². The molecule has 1 fully saturated rings. The molecule has 176 valence electrons. The minimum absolute atomic E-state index is 0.108. The molecule has 2 aliphatic rings. The summed E-state index contributed by atoms with van der Waals surface area (Å²) in [5.41, 5.74) is 1.95. The van der Waals surface area contributed by atoms with Gasteiger partial charge in [-0.25, -0.2) is 8.42 Å². The Kier molecular flexibility index (Phi) is 6.12.